The van der Waals surface area contributed by atoms with Gasteiger partial charge < -0.3 is 4.90 Å². The smallest absolute Gasteiger partial charge is 0.224 e. The van der Waals surface area contributed by atoms with Crippen molar-refractivity contribution in [2.45, 2.75) is 20.4 Å². The number of nitrogens with zero attached hydrogens (tertiary/aromatic N) is 4. The molecule has 0 unspecified atom stereocenters. The Bertz CT molecular complexity index is 958. The number of aromatic nitrogens is 3. The Morgan fingerprint density at radius 2 is 1.83 bits per heavy atom. The fourth-order valence-electron chi connectivity index (χ4n) is 3.46. The van der Waals surface area contributed by atoms with E-state index in [0.29, 0.717) is 6.54 Å². The third kappa shape index (κ3) is 2.05. The van der Waals surface area contributed by atoms with E-state index in [9.17, 15) is 4.79 Å². The number of amides is 1. The van der Waals surface area contributed by atoms with Crippen molar-refractivity contribution in [3.05, 3.63) is 53.6 Å². The number of carbonyl (C=O) groups is 1. The van der Waals surface area contributed by atoms with Gasteiger partial charge in [-0.2, -0.15) is 0 Å². The first kappa shape index (κ1) is 14.6. The van der Waals surface area contributed by atoms with Gasteiger partial charge >= 0.3 is 0 Å². The zero-order chi connectivity index (χ0) is 16.8. The predicted molar refractivity (Wildman–Crippen MR) is 93.5 cm³/mol. The molecule has 0 aliphatic carbocycles. The molecule has 2 aromatic carbocycles. The number of hydrogen-bond acceptors (Lipinski definition) is 3. The van der Waals surface area contributed by atoms with E-state index in [-0.39, 0.29) is 5.91 Å². The Hall–Kier alpha value is -2.95. The highest BCUT2D eigenvalue weighted by molar-refractivity contribution is 6.00. The summed E-state index contributed by atoms with van der Waals surface area (Å²) in [7, 11) is 1.89. The van der Waals surface area contributed by atoms with Crippen LogP contribution in [0.15, 0.2) is 42.5 Å². The van der Waals surface area contributed by atoms with Crippen molar-refractivity contribution < 1.29 is 4.79 Å². The first-order valence-electron chi connectivity index (χ1n) is 7.94. The van der Waals surface area contributed by atoms with Crippen LogP contribution in [0.3, 0.4) is 0 Å². The van der Waals surface area contributed by atoms with Crippen LogP contribution in [0.25, 0.3) is 22.5 Å². The maximum atomic E-state index is 12.4. The molecule has 0 saturated heterocycles. The van der Waals surface area contributed by atoms with E-state index in [1.807, 2.05) is 61.3 Å². The van der Waals surface area contributed by atoms with E-state index in [2.05, 4.69) is 10.3 Å². The molecule has 5 nitrogen and oxygen atoms in total. The molecule has 1 aliphatic heterocycles. The number of hydrogen-bond donors (Lipinski definition) is 0. The summed E-state index contributed by atoms with van der Waals surface area (Å²) in [5.74, 6) is 0.0268. The molecular formula is C19H18N4O. The second kappa shape index (κ2) is 5.30. The minimum atomic E-state index is 0.0268. The zero-order valence-corrected chi connectivity index (χ0v) is 13.9. The van der Waals surface area contributed by atoms with E-state index in [0.717, 1.165) is 39.3 Å². The van der Waals surface area contributed by atoms with Crippen molar-refractivity contribution in [1.29, 1.82) is 0 Å². The SMILES string of the molecule is CC(=O)N1Cc2ccccc2-c2nnn(C)c2-c2cccc(C)c21. The molecular weight excluding hydrogens is 300 g/mol. The Morgan fingerprint density at radius 3 is 2.62 bits per heavy atom. The van der Waals surface area contributed by atoms with Crippen LogP contribution >= 0.6 is 0 Å². The second-order valence-corrected chi connectivity index (χ2v) is 6.14. The van der Waals surface area contributed by atoms with Crippen LogP contribution in [0.5, 0.6) is 0 Å². The number of anilines is 1. The molecule has 0 fully saturated rings. The summed E-state index contributed by atoms with van der Waals surface area (Å²) in [4.78, 5) is 14.3. The highest BCUT2D eigenvalue weighted by Crippen LogP contribution is 2.42. The van der Waals surface area contributed by atoms with Gasteiger partial charge in [-0.15, -0.1) is 5.10 Å². The summed E-state index contributed by atoms with van der Waals surface area (Å²) in [6.45, 7) is 4.17. The molecule has 0 N–H and O–H groups in total. The average Bonchev–Trinajstić information content (AvgIpc) is 2.92. The molecule has 24 heavy (non-hydrogen) atoms. The van der Waals surface area contributed by atoms with E-state index < -0.39 is 0 Å². The number of benzene rings is 2. The fourth-order valence-corrected chi connectivity index (χ4v) is 3.46. The lowest BCUT2D eigenvalue weighted by Gasteiger charge is -2.29. The molecule has 4 rings (SSSR count). The lowest BCUT2D eigenvalue weighted by molar-refractivity contribution is -0.116. The molecule has 0 radical (unpaired) electrons. The van der Waals surface area contributed by atoms with Gasteiger partial charge in [0.1, 0.15) is 5.69 Å². The van der Waals surface area contributed by atoms with Gasteiger partial charge in [0.15, 0.2) is 0 Å². The highest BCUT2D eigenvalue weighted by Gasteiger charge is 2.28. The molecule has 0 saturated carbocycles. The first-order valence-corrected chi connectivity index (χ1v) is 7.94. The third-order valence-corrected chi connectivity index (χ3v) is 4.57. The third-order valence-electron chi connectivity index (χ3n) is 4.57. The molecule has 0 bridgehead atoms. The molecule has 3 aromatic rings. The first-order chi connectivity index (χ1) is 11.6. The highest BCUT2D eigenvalue weighted by atomic mass is 16.2. The number of carbonyl (C=O) groups excluding carboxylic acids is 1. The molecule has 1 aromatic heterocycles. The molecule has 120 valence electrons. The van der Waals surface area contributed by atoms with Crippen LogP contribution in [0.4, 0.5) is 5.69 Å². The maximum Gasteiger partial charge on any atom is 0.224 e. The van der Waals surface area contributed by atoms with Crippen molar-refractivity contribution in [3.8, 4) is 22.5 Å². The summed E-state index contributed by atoms with van der Waals surface area (Å²) < 4.78 is 1.79. The average molecular weight is 318 g/mol. The van der Waals surface area contributed by atoms with Crippen molar-refractivity contribution in [3.63, 3.8) is 0 Å². The second-order valence-electron chi connectivity index (χ2n) is 6.14. The number of para-hydroxylation sites is 1. The standard InChI is InChI=1S/C19H18N4O/c1-12-7-6-10-16-18(12)23(13(2)24)11-14-8-4-5-9-15(14)17-19(16)22(3)21-20-17/h4-10H,11H2,1-3H3. The largest absolute Gasteiger partial charge is 0.307 e. The van der Waals surface area contributed by atoms with Crippen molar-refractivity contribution in [2.75, 3.05) is 4.90 Å². The predicted octanol–water partition coefficient (Wildman–Crippen LogP) is 3.32. The van der Waals surface area contributed by atoms with Crippen LogP contribution in [-0.2, 0) is 18.4 Å². The Morgan fingerprint density at radius 1 is 1.08 bits per heavy atom. The summed E-state index contributed by atoms with van der Waals surface area (Å²) in [5.41, 5.74) is 6.89. The normalized spacial score (nSPS) is 12.7. The molecule has 2 heterocycles. The monoisotopic (exact) mass is 318 g/mol. The Labute approximate surface area is 140 Å². The number of fused-ring (bicyclic) bond motifs is 5. The van der Waals surface area contributed by atoms with Crippen LogP contribution in [0.1, 0.15) is 18.1 Å². The minimum Gasteiger partial charge on any atom is -0.307 e. The van der Waals surface area contributed by atoms with Gasteiger partial charge in [0, 0.05) is 25.1 Å². The van der Waals surface area contributed by atoms with Crippen LogP contribution in [-0.4, -0.2) is 20.9 Å². The van der Waals surface area contributed by atoms with Gasteiger partial charge in [-0.3, -0.25) is 4.79 Å². The quantitative estimate of drug-likeness (QED) is 0.639. The van der Waals surface area contributed by atoms with Crippen molar-refractivity contribution >= 4 is 11.6 Å². The van der Waals surface area contributed by atoms with Gasteiger partial charge in [0.2, 0.25) is 5.91 Å². The molecule has 0 spiro atoms. The summed E-state index contributed by atoms with van der Waals surface area (Å²) in [5, 5.41) is 8.65. The van der Waals surface area contributed by atoms with Gasteiger partial charge in [-0.05, 0) is 18.1 Å². The Balaban J connectivity index is 2.14. The van der Waals surface area contributed by atoms with Gasteiger partial charge in [-0.25, -0.2) is 4.68 Å². The number of aryl methyl sites for hydroxylation is 2. The van der Waals surface area contributed by atoms with Gasteiger partial charge in [0.25, 0.3) is 0 Å². The van der Waals surface area contributed by atoms with E-state index in [1.54, 1.807) is 11.6 Å². The minimum absolute atomic E-state index is 0.0268. The lowest BCUT2D eigenvalue weighted by Crippen LogP contribution is -2.30. The van der Waals surface area contributed by atoms with Gasteiger partial charge in [0.05, 0.1) is 17.9 Å². The topological polar surface area (TPSA) is 51.0 Å². The van der Waals surface area contributed by atoms with Crippen LogP contribution < -0.4 is 4.90 Å². The fraction of sp³-hybridized carbons (Fsp3) is 0.211. The van der Waals surface area contributed by atoms with Crippen LogP contribution in [0.2, 0.25) is 0 Å². The summed E-state index contributed by atoms with van der Waals surface area (Å²) in [6, 6.07) is 14.2. The summed E-state index contributed by atoms with van der Waals surface area (Å²) in [6.07, 6.45) is 0. The molecule has 1 aliphatic rings. The Kier molecular flexibility index (Phi) is 3.23. The van der Waals surface area contributed by atoms with Crippen molar-refractivity contribution in [2.24, 2.45) is 7.05 Å². The lowest BCUT2D eigenvalue weighted by atomic mass is 9.94. The molecule has 0 atom stereocenters. The molecule has 1 amide bonds. The maximum absolute atomic E-state index is 12.4. The molecule has 5 heteroatoms. The van der Waals surface area contributed by atoms with Gasteiger partial charge in [-0.1, -0.05) is 47.7 Å². The van der Waals surface area contributed by atoms with Crippen LogP contribution in [0, 0.1) is 6.92 Å². The van der Waals surface area contributed by atoms with E-state index >= 15 is 0 Å². The zero-order valence-electron chi connectivity index (χ0n) is 13.9. The van der Waals surface area contributed by atoms with E-state index in [4.69, 9.17) is 0 Å². The van der Waals surface area contributed by atoms with E-state index in [1.165, 1.54) is 0 Å². The number of rotatable bonds is 0. The summed E-state index contributed by atoms with van der Waals surface area (Å²) >= 11 is 0. The van der Waals surface area contributed by atoms with Crippen molar-refractivity contribution in [1.82, 2.24) is 15.0 Å².